The Labute approximate surface area is 155 Å². The van der Waals surface area contributed by atoms with Gasteiger partial charge < -0.3 is 10.4 Å². The average molecular weight is 371 g/mol. The number of nitrogens with one attached hydrogen (secondary N) is 1. The summed E-state index contributed by atoms with van der Waals surface area (Å²) < 4.78 is 1.91. The van der Waals surface area contributed by atoms with Gasteiger partial charge in [-0.2, -0.15) is 5.10 Å². The molecule has 7 heteroatoms. The van der Waals surface area contributed by atoms with E-state index < -0.39 is 11.4 Å². The summed E-state index contributed by atoms with van der Waals surface area (Å²) in [5.74, 6) is -1.20. The highest BCUT2D eigenvalue weighted by atomic mass is 32.1. The van der Waals surface area contributed by atoms with Crippen LogP contribution in [0.25, 0.3) is 10.2 Å². The summed E-state index contributed by atoms with van der Waals surface area (Å²) >= 11 is 1.37. The van der Waals surface area contributed by atoms with Crippen LogP contribution in [-0.4, -0.2) is 33.3 Å². The Balaban J connectivity index is 1.82. The molecule has 3 rings (SSSR count). The van der Waals surface area contributed by atoms with E-state index in [1.807, 2.05) is 48.0 Å². The van der Waals surface area contributed by atoms with Crippen LogP contribution in [0.2, 0.25) is 0 Å². The number of benzene rings is 1. The quantitative estimate of drug-likeness (QED) is 0.696. The zero-order valence-electron chi connectivity index (χ0n) is 14.9. The lowest BCUT2D eigenvalue weighted by atomic mass is 9.94. The molecule has 3 aromatic rings. The predicted molar refractivity (Wildman–Crippen MR) is 102 cm³/mol. The maximum atomic E-state index is 12.4. The summed E-state index contributed by atoms with van der Waals surface area (Å²) in [6.07, 6.45) is 0. The first-order valence-corrected chi connectivity index (χ1v) is 9.12. The van der Waals surface area contributed by atoms with Gasteiger partial charge in [0.25, 0.3) is 5.91 Å². The van der Waals surface area contributed by atoms with E-state index in [0.717, 1.165) is 21.5 Å². The van der Waals surface area contributed by atoms with Crippen LogP contribution in [0.5, 0.6) is 0 Å². The van der Waals surface area contributed by atoms with Crippen molar-refractivity contribution in [3.8, 4) is 0 Å². The van der Waals surface area contributed by atoms with Crippen LogP contribution < -0.4 is 5.32 Å². The van der Waals surface area contributed by atoms with E-state index in [9.17, 15) is 9.59 Å². The molecule has 0 aliphatic heterocycles. The summed E-state index contributed by atoms with van der Waals surface area (Å²) in [4.78, 5) is 25.1. The molecule has 2 aromatic heterocycles. The number of rotatable bonds is 6. The molecular weight excluding hydrogens is 350 g/mol. The third-order valence-electron chi connectivity index (χ3n) is 4.28. The number of amides is 1. The van der Waals surface area contributed by atoms with Crippen molar-refractivity contribution in [1.82, 2.24) is 15.1 Å². The van der Waals surface area contributed by atoms with Crippen molar-refractivity contribution in [3.63, 3.8) is 0 Å². The Bertz CT molecular complexity index is 957. The third-order valence-corrected chi connectivity index (χ3v) is 5.42. The molecule has 0 saturated carbocycles. The number of carbonyl (C=O) groups excluding carboxylic acids is 1. The summed E-state index contributed by atoms with van der Waals surface area (Å²) in [7, 11) is 0. The molecule has 0 bridgehead atoms. The Morgan fingerprint density at radius 1 is 1.27 bits per heavy atom. The first kappa shape index (κ1) is 18.1. The highest BCUT2D eigenvalue weighted by Gasteiger charge is 2.28. The van der Waals surface area contributed by atoms with Crippen molar-refractivity contribution in [2.75, 3.05) is 6.54 Å². The van der Waals surface area contributed by atoms with Crippen molar-refractivity contribution >= 4 is 33.4 Å². The van der Waals surface area contributed by atoms with Crippen LogP contribution in [0.1, 0.15) is 34.8 Å². The molecule has 0 fully saturated rings. The molecule has 136 valence electrons. The molecule has 0 radical (unpaired) electrons. The molecule has 1 amide bonds. The van der Waals surface area contributed by atoms with Gasteiger partial charge in [-0.1, -0.05) is 30.3 Å². The molecule has 0 unspecified atom stereocenters. The van der Waals surface area contributed by atoms with Crippen molar-refractivity contribution in [3.05, 3.63) is 52.5 Å². The molecule has 0 atom stereocenters. The number of aromatic nitrogens is 2. The lowest BCUT2D eigenvalue weighted by molar-refractivity contribution is -0.146. The van der Waals surface area contributed by atoms with E-state index in [4.69, 9.17) is 5.11 Å². The van der Waals surface area contributed by atoms with E-state index in [0.29, 0.717) is 11.4 Å². The smallest absolute Gasteiger partial charge is 0.310 e. The van der Waals surface area contributed by atoms with Gasteiger partial charge in [-0.3, -0.25) is 14.3 Å². The minimum atomic E-state index is -1.01. The molecule has 1 aromatic carbocycles. The van der Waals surface area contributed by atoms with Crippen LogP contribution >= 0.6 is 11.3 Å². The van der Waals surface area contributed by atoms with Crippen LogP contribution in [-0.2, 0) is 11.3 Å². The standard InChI is InChI=1S/C19H21N3O3S/c1-12-14-9-15(16(23)20-11-19(2,3)18(24)25)26-17(14)22(21-12)10-13-7-5-4-6-8-13/h4-9H,10-11H2,1-3H3,(H,20,23)(H,24,25). The first-order valence-electron chi connectivity index (χ1n) is 8.30. The molecule has 0 saturated heterocycles. The Hall–Kier alpha value is -2.67. The molecular formula is C19H21N3O3S. The number of carboxylic acids is 1. The number of hydrogen-bond donors (Lipinski definition) is 2. The first-order chi connectivity index (χ1) is 12.3. The minimum Gasteiger partial charge on any atom is -0.481 e. The number of carbonyl (C=O) groups is 2. The fourth-order valence-electron chi connectivity index (χ4n) is 2.55. The van der Waals surface area contributed by atoms with Crippen molar-refractivity contribution in [2.45, 2.75) is 27.3 Å². The zero-order valence-corrected chi connectivity index (χ0v) is 15.8. The number of aryl methyl sites for hydroxylation is 1. The normalized spacial score (nSPS) is 11.7. The minimum absolute atomic E-state index is 0.0739. The maximum absolute atomic E-state index is 12.4. The summed E-state index contributed by atoms with van der Waals surface area (Å²) in [6.45, 7) is 5.81. The largest absolute Gasteiger partial charge is 0.481 e. The van der Waals surface area contributed by atoms with Crippen molar-refractivity contribution in [1.29, 1.82) is 0 Å². The average Bonchev–Trinajstić information content (AvgIpc) is 3.15. The highest BCUT2D eigenvalue weighted by Crippen LogP contribution is 2.29. The van der Waals surface area contributed by atoms with Gasteiger partial charge in [0.05, 0.1) is 22.5 Å². The third kappa shape index (κ3) is 3.62. The van der Waals surface area contributed by atoms with Crippen molar-refractivity contribution in [2.24, 2.45) is 5.41 Å². The van der Waals surface area contributed by atoms with E-state index in [1.54, 1.807) is 13.8 Å². The van der Waals surface area contributed by atoms with Gasteiger partial charge >= 0.3 is 5.97 Å². The SMILES string of the molecule is Cc1nn(Cc2ccccc2)c2sc(C(=O)NCC(C)(C)C(=O)O)cc12. The fraction of sp³-hybridized carbons (Fsp3) is 0.316. The number of hydrogen-bond acceptors (Lipinski definition) is 4. The molecule has 2 N–H and O–H groups in total. The highest BCUT2D eigenvalue weighted by molar-refractivity contribution is 7.20. The van der Waals surface area contributed by atoms with E-state index >= 15 is 0 Å². The Kier molecular flexibility index (Phi) is 4.82. The maximum Gasteiger partial charge on any atom is 0.310 e. The molecule has 0 spiro atoms. The molecule has 0 aliphatic carbocycles. The molecule has 6 nitrogen and oxygen atoms in total. The van der Waals surface area contributed by atoms with Crippen LogP contribution in [0.3, 0.4) is 0 Å². The van der Waals surface area contributed by atoms with Crippen molar-refractivity contribution < 1.29 is 14.7 Å². The van der Waals surface area contributed by atoms with Crippen LogP contribution in [0.4, 0.5) is 0 Å². The molecule has 2 heterocycles. The second-order valence-electron chi connectivity index (χ2n) is 6.93. The zero-order chi connectivity index (χ0) is 18.9. The number of nitrogens with zero attached hydrogens (tertiary/aromatic N) is 2. The fourth-order valence-corrected chi connectivity index (χ4v) is 3.63. The van der Waals surface area contributed by atoms with E-state index in [2.05, 4.69) is 10.4 Å². The van der Waals surface area contributed by atoms with Gasteiger partial charge in [0.1, 0.15) is 4.83 Å². The van der Waals surface area contributed by atoms with Gasteiger partial charge in [-0.05, 0) is 32.4 Å². The number of aliphatic carboxylic acids is 1. The molecule has 26 heavy (non-hydrogen) atoms. The number of thiophene rings is 1. The van der Waals surface area contributed by atoms with Crippen LogP contribution in [0, 0.1) is 12.3 Å². The molecule has 0 aliphatic rings. The lowest BCUT2D eigenvalue weighted by Crippen LogP contribution is -2.38. The number of fused-ring (bicyclic) bond motifs is 1. The summed E-state index contributed by atoms with van der Waals surface area (Å²) in [6, 6.07) is 11.9. The topological polar surface area (TPSA) is 84.2 Å². The Morgan fingerprint density at radius 2 is 1.96 bits per heavy atom. The van der Waals surface area contributed by atoms with Gasteiger partial charge in [0.2, 0.25) is 0 Å². The van der Waals surface area contributed by atoms with E-state index in [1.165, 1.54) is 11.3 Å². The second-order valence-corrected chi connectivity index (χ2v) is 7.96. The predicted octanol–water partition coefficient (Wildman–Crippen LogP) is 3.30. The summed E-state index contributed by atoms with van der Waals surface area (Å²) in [5.41, 5.74) is 1.00. The monoisotopic (exact) mass is 371 g/mol. The number of carboxylic acid groups (broad SMARTS) is 1. The van der Waals surface area contributed by atoms with Gasteiger partial charge in [-0.25, -0.2) is 0 Å². The Morgan fingerprint density at radius 3 is 2.62 bits per heavy atom. The van der Waals surface area contributed by atoms with Gasteiger partial charge in [0.15, 0.2) is 0 Å². The van der Waals surface area contributed by atoms with Crippen LogP contribution in [0.15, 0.2) is 36.4 Å². The van der Waals surface area contributed by atoms with E-state index in [-0.39, 0.29) is 12.5 Å². The lowest BCUT2D eigenvalue weighted by Gasteiger charge is -2.19. The second kappa shape index (κ2) is 6.92. The summed E-state index contributed by atoms with van der Waals surface area (Å²) in [5, 5.41) is 17.4. The van der Waals surface area contributed by atoms with Gasteiger partial charge in [0, 0.05) is 11.9 Å². The van der Waals surface area contributed by atoms with Gasteiger partial charge in [-0.15, -0.1) is 11.3 Å².